The summed E-state index contributed by atoms with van der Waals surface area (Å²) >= 11 is 0. The van der Waals surface area contributed by atoms with Gasteiger partial charge in [0.25, 0.3) is 0 Å². The lowest BCUT2D eigenvalue weighted by molar-refractivity contribution is 0.387. The normalized spacial score (nSPS) is 11.0. The van der Waals surface area contributed by atoms with Crippen LogP contribution in [0.15, 0.2) is 30.3 Å². The second kappa shape index (κ2) is 4.73. The average Bonchev–Trinajstić information content (AvgIpc) is 2.73. The Kier molecular flexibility index (Phi) is 3.01. The minimum Gasteiger partial charge on any atom is -0.494 e. The van der Waals surface area contributed by atoms with Crippen LogP contribution in [0.25, 0.3) is 16.7 Å². The van der Waals surface area contributed by atoms with Crippen LogP contribution in [0.4, 0.5) is 14.7 Å². The highest BCUT2D eigenvalue weighted by Gasteiger charge is 2.16. The van der Waals surface area contributed by atoms with E-state index in [1.54, 1.807) is 19.1 Å². The van der Waals surface area contributed by atoms with Gasteiger partial charge in [0.1, 0.15) is 5.82 Å². The first-order valence-electron chi connectivity index (χ1n) is 6.29. The summed E-state index contributed by atoms with van der Waals surface area (Å²) in [5.74, 6) is -0.833. The van der Waals surface area contributed by atoms with E-state index in [1.807, 2.05) is 0 Å². The Bertz CT molecular complexity index is 843. The highest BCUT2D eigenvalue weighted by molar-refractivity contribution is 5.82. The zero-order chi connectivity index (χ0) is 15.1. The maximum absolute atomic E-state index is 14.2. The van der Waals surface area contributed by atoms with E-state index in [2.05, 4.69) is 4.98 Å². The van der Waals surface area contributed by atoms with Crippen molar-refractivity contribution in [3.63, 3.8) is 0 Å². The van der Waals surface area contributed by atoms with Gasteiger partial charge in [0, 0.05) is 12.1 Å². The van der Waals surface area contributed by atoms with Gasteiger partial charge in [-0.1, -0.05) is 6.07 Å². The highest BCUT2D eigenvalue weighted by Crippen LogP contribution is 2.29. The van der Waals surface area contributed by atoms with Gasteiger partial charge < -0.3 is 10.5 Å². The first-order chi connectivity index (χ1) is 10.0. The third-order valence-electron chi connectivity index (χ3n) is 3.30. The van der Waals surface area contributed by atoms with Crippen molar-refractivity contribution >= 4 is 17.0 Å². The summed E-state index contributed by atoms with van der Waals surface area (Å²) in [6.45, 7) is 1.79. The minimum atomic E-state index is -0.543. The van der Waals surface area contributed by atoms with E-state index in [9.17, 15) is 8.78 Å². The molecule has 0 radical (unpaired) electrons. The first kappa shape index (κ1) is 13.4. The number of halogens is 2. The predicted molar refractivity (Wildman–Crippen MR) is 76.7 cm³/mol. The zero-order valence-corrected chi connectivity index (χ0v) is 11.5. The fourth-order valence-corrected chi connectivity index (χ4v) is 2.30. The van der Waals surface area contributed by atoms with Crippen LogP contribution in [-0.4, -0.2) is 16.7 Å². The van der Waals surface area contributed by atoms with E-state index in [-0.39, 0.29) is 17.4 Å². The number of anilines is 1. The number of nitrogen functional groups attached to an aromatic ring is 1. The summed E-state index contributed by atoms with van der Waals surface area (Å²) in [7, 11) is 1.36. The van der Waals surface area contributed by atoms with Crippen LogP contribution >= 0.6 is 0 Å². The Balaban J connectivity index is 2.33. The molecule has 0 atom stereocenters. The van der Waals surface area contributed by atoms with Crippen molar-refractivity contribution < 1.29 is 13.5 Å². The lowest BCUT2D eigenvalue weighted by Gasteiger charge is -2.09. The van der Waals surface area contributed by atoms with Crippen molar-refractivity contribution in [1.82, 2.24) is 9.55 Å². The number of rotatable bonds is 2. The van der Waals surface area contributed by atoms with Crippen molar-refractivity contribution in [2.75, 3.05) is 12.8 Å². The van der Waals surface area contributed by atoms with Crippen LogP contribution < -0.4 is 10.5 Å². The molecule has 6 heteroatoms. The van der Waals surface area contributed by atoms with Gasteiger partial charge >= 0.3 is 0 Å². The quantitative estimate of drug-likeness (QED) is 0.788. The van der Waals surface area contributed by atoms with E-state index >= 15 is 0 Å². The molecule has 0 saturated heterocycles. The first-order valence-corrected chi connectivity index (χ1v) is 6.29. The summed E-state index contributed by atoms with van der Waals surface area (Å²) in [6.07, 6.45) is 0. The van der Waals surface area contributed by atoms with Gasteiger partial charge in [0.15, 0.2) is 11.6 Å². The van der Waals surface area contributed by atoms with Crippen molar-refractivity contribution in [2.24, 2.45) is 0 Å². The fraction of sp³-hybridized carbons (Fsp3) is 0.133. The van der Waals surface area contributed by atoms with Gasteiger partial charge in [0.2, 0.25) is 5.95 Å². The smallest absolute Gasteiger partial charge is 0.206 e. The molecule has 0 saturated carbocycles. The number of aromatic nitrogens is 2. The van der Waals surface area contributed by atoms with Gasteiger partial charge in [-0.05, 0) is 24.6 Å². The van der Waals surface area contributed by atoms with Crippen molar-refractivity contribution in [3.8, 4) is 11.4 Å². The molecule has 0 aliphatic heterocycles. The summed E-state index contributed by atoms with van der Waals surface area (Å²) in [5.41, 5.74) is 7.73. The van der Waals surface area contributed by atoms with E-state index in [0.29, 0.717) is 11.0 Å². The molecule has 3 rings (SSSR count). The van der Waals surface area contributed by atoms with E-state index in [4.69, 9.17) is 10.5 Å². The molecule has 0 fully saturated rings. The number of methoxy groups -OCH3 is 1. The van der Waals surface area contributed by atoms with Crippen molar-refractivity contribution in [2.45, 2.75) is 6.92 Å². The Labute approximate surface area is 119 Å². The van der Waals surface area contributed by atoms with Crippen LogP contribution in [0.2, 0.25) is 0 Å². The minimum absolute atomic E-state index is 0.0520. The lowest BCUT2D eigenvalue weighted by Crippen LogP contribution is -2.03. The molecular formula is C15H13F2N3O. The van der Waals surface area contributed by atoms with Gasteiger partial charge in [0.05, 0.1) is 23.8 Å². The number of hydrogen-bond acceptors (Lipinski definition) is 3. The topological polar surface area (TPSA) is 53.1 Å². The molecule has 0 bridgehead atoms. The molecule has 0 aliphatic carbocycles. The molecule has 1 aromatic heterocycles. The zero-order valence-electron chi connectivity index (χ0n) is 11.5. The molecule has 0 aliphatic rings. The van der Waals surface area contributed by atoms with E-state index in [0.717, 1.165) is 5.56 Å². The third kappa shape index (κ3) is 2.08. The fourth-order valence-electron chi connectivity index (χ4n) is 2.30. The number of nitrogens with zero attached hydrogens (tertiary/aromatic N) is 2. The SMILES string of the molecule is COc1cc2c(cc1F)nc(N)n2-c1ccc(C)cc1F. The Morgan fingerprint density at radius 2 is 1.90 bits per heavy atom. The Hall–Kier alpha value is -2.63. The number of hydrogen-bond donors (Lipinski definition) is 1. The number of ether oxygens (including phenoxy) is 1. The van der Waals surface area contributed by atoms with Crippen LogP contribution in [0.1, 0.15) is 5.56 Å². The third-order valence-corrected chi connectivity index (χ3v) is 3.30. The predicted octanol–water partition coefficient (Wildman–Crippen LogP) is 3.20. The van der Waals surface area contributed by atoms with Crippen molar-refractivity contribution in [1.29, 1.82) is 0 Å². The van der Waals surface area contributed by atoms with Crippen LogP contribution in [0.3, 0.4) is 0 Å². The number of imidazole rings is 1. The number of nitrogens with two attached hydrogens (primary N) is 1. The summed E-state index contributed by atoms with van der Waals surface area (Å²) < 4.78 is 34.3. The monoisotopic (exact) mass is 289 g/mol. The molecule has 2 aromatic carbocycles. The molecular weight excluding hydrogens is 276 g/mol. The Morgan fingerprint density at radius 3 is 2.57 bits per heavy atom. The van der Waals surface area contributed by atoms with Gasteiger partial charge in [-0.25, -0.2) is 13.8 Å². The molecule has 21 heavy (non-hydrogen) atoms. The van der Waals surface area contributed by atoms with Crippen LogP contribution in [-0.2, 0) is 0 Å². The number of aryl methyl sites for hydroxylation is 1. The summed E-state index contributed by atoms with van der Waals surface area (Å²) in [5, 5.41) is 0. The van der Waals surface area contributed by atoms with Gasteiger partial charge in [-0.15, -0.1) is 0 Å². The second-order valence-electron chi connectivity index (χ2n) is 4.74. The summed E-state index contributed by atoms with van der Waals surface area (Å²) in [4.78, 5) is 4.07. The van der Waals surface area contributed by atoms with Crippen LogP contribution in [0, 0.1) is 18.6 Å². The summed E-state index contributed by atoms with van der Waals surface area (Å²) in [6, 6.07) is 7.45. The van der Waals surface area contributed by atoms with Crippen LogP contribution in [0.5, 0.6) is 5.75 Å². The molecule has 108 valence electrons. The highest BCUT2D eigenvalue weighted by atomic mass is 19.1. The van der Waals surface area contributed by atoms with Gasteiger partial charge in [-0.2, -0.15) is 0 Å². The second-order valence-corrected chi connectivity index (χ2v) is 4.74. The molecule has 2 N–H and O–H groups in total. The lowest BCUT2D eigenvalue weighted by atomic mass is 10.2. The number of fused-ring (bicyclic) bond motifs is 1. The molecule has 1 heterocycles. The average molecular weight is 289 g/mol. The number of benzene rings is 2. The molecule has 0 unspecified atom stereocenters. The maximum atomic E-state index is 14.2. The van der Waals surface area contributed by atoms with E-state index in [1.165, 1.54) is 29.9 Å². The standard InChI is InChI=1S/C15H13F2N3O/c1-8-3-4-12(9(16)5-8)20-13-7-14(21-2)10(17)6-11(13)19-15(20)18/h3-7H,1-2H3,(H2,18,19). The molecule has 4 nitrogen and oxygen atoms in total. The van der Waals surface area contributed by atoms with Gasteiger partial charge in [-0.3, -0.25) is 4.57 Å². The molecule has 0 spiro atoms. The Morgan fingerprint density at radius 1 is 1.14 bits per heavy atom. The van der Waals surface area contributed by atoms with E-state index < -0.39 is 11.6 Å². The maximum Gasteiger partial charge on any atom is 0.206 e. The largest absolute Gasteiger partial charge is 0.494 e. The molecule has 0 amide bonds. The van der Waals surface area contributed by atoms with Crippen molar-refractivity contribution in [3.05, 3.63) is 47.5 Å². The molecule has 3 aromatic rings.